The molecule has 1 aromatic carbocycles. The number of halogens is 1. The molecule has 7 heteroatoms. The Labute approximate surface area is 129 Å². The summed E-state index contributed by atoms with van der Waals surface area (Å²) in [5.41, 5.74) is 11.8. The maximum atomic E-state index is 12.0. The average molecular weight is 313 g/mol. The second-order valence-electron chi connectivity index (χ2n) is 4.82. The number of hydrogen-bond acceptors (Lipinski definition) is 4. The van der Waals surface area contributed by atoms with Crippen LogP contribution in [0, 0.1) is 0 Å². The molecule has 116 valence electrons. The number of rotatable bonds is 8. The van der Waals surface area contributed by atoms with E-state index in [1.807, 2.05) is 6.92 Å². The van der Waals surface area contributed by atoms with Gasteiger partial charge in [0.15, 0.2) is 0 Å². The highest BCUT2D eigenvalue weighted by molar-refractivity contribution is 6.33. The van der Waals surface area contributed by atoms with E-state index in [9.17, 15) is 9.59 Å². The van der Waals surface area contributed by atoms with E-state index in [2.05, 4.69) is 5.32 Å². The number of carbonyl (C=O) groups excluding carboxylic acids is 2. The Balaban J connectivity index is 2.64. The lowest BCUT2D eigenvalue weighted by Crippen LogP contribution is -2.39. The van der Waals surface area contributed by atoms with Crippen LogP contribution in [0.1, 0.15) is 19.8 Å². The van der Waals surface area contributed by atoms with Crippen LogP contribution in [0.4, 0.5) is 11.4 Å². The first kappa shape index (κ1) is 17.3. The van der Waals surface area contributed by atoms with Gasteiger partial charge < -0.3 is 16.8 Å². The lowest BCUT2D eigenvalue weighted by Gasteiger charge is -2.20. The van der Waals surface area contributed by atoms with Crippen molar-refractivity contribution >= 4 is 34.8 Å². The molecule has 1 rings (SSSR count). The van der Waals surface area contributed by atoms with Crippen molar-refractivity contribution < 1.29 is 9.59 Å². The fourth-order valence-electron chi connectivity index (χ4n) is 1.85. The molecular weight excluding hydrogens is 292 g/mol. The predicted molar refractivity (Wildman–Crippen MR) is 85.0 cm³/mol. The van der Waals surface area contributed by atoms with Crippen molar-refractivity contribution in [1.82, 2.24) is 4.90 Å². The van der Waals surface area contributed by atoms with E-state index in [0.29, 0.717) is 22.9 Å². The molecule has 0 atom stereocenters. The molecule has 21 heavy (non-hydrogen) atoms. The van der Waals surface area contributed by atoms with E-state index in [0.717, 1.165) is 12.8 Å². The third-order valence-corrected chi connectivity index (χ3v) is 3.17. The summed E-state index contributed by atoms with van der Waals surface area (Å²) >= 11 is 5.99. The van der Waals surface area contributed by atoms with Crippen LogP contribution in [-0.4, -0.2) is 36.3 Å². The number of amides is 2. The van der Waals surface area contributed by atoms with Crippen molar-refractivity contribution in [2.24, 2.45) is 5.73 Å². The highest BCUT2D eigenvalue weighted by atomic mass is 35.5. The van der Waals surface area contributed by atoms with Crippen LogP contribution in [-0.2, 0) is 9.59 Å². The Bertz CT molecular complexity index is 508. The minimum absolute atomic E-state index is 0.0537. The number of anilines is 2. The number of carbonyl (C=O) groups is 2. The van der Waals surface area contributed by atoms with Gasteiger partial charge in [-0.25, -0.2) is 0 Å². The van der Waals surface area contributed by atoms with Crippen molar-refractivity contribution in [1.29, 1.82) is 0 Å². The van der Waals surface area contributed by atoms with Gasteiger partial charge >= 0.3 is 0 Å². The van der Waals surface area contributed by atoms with E-state index >= 15 is 0 Å². The smallest absolute Gasteiger partial charge is 0.238 e. The molecule has 0 radical (unpaired) electrons. The molecule has 0 aliphatic heterocycles. The molecular formula is C14H21ClN4O2. The molecule has 0 bridgehead atoms. The highest BCUT2D eigenvalue weighted by Gasteiger charge is 2.14. The summed E-state index contributed by atoms with van der Waals surface area (Å²) in [5.74, 6) is -0.722. The van der Waals surface area contributed by atoms with Crippen LogP contribution in [0.25, 0.3) is 0 Å². The fraction of sp³-hybridized carbons (Fsp3) is 0.429. The number of primary amides is 1. The summed E-state index contributed by atoms with van der Waals surface area (Å²) in [6.07, 6.45) is 1.86. The predicted octanol–water partition coefficient (Wildman–Crippen LogP) is 1.45. The standard InChI is InChI=1S/C14H21ClN4O2/c1-2-3-6-19(8-13(17)20)9-14(21)18-12-7-10(16)4-5-11(12)15/h4-5,7H,2-3,6,8-9,16H2,1H3,(H2,17,20)(H,18,21). The molecule has 6 nitrogen and oxygen atoms in total. The largest absolute Gasteiger partial charge is 0.399 e. The Morgan fingerprint density at radius 1 is 1.33 bits per heavy atom. The van der Waals surface area contributed by atoms with Crippen LogP contribution in [0.2, 0.25) is 5.02 Å². The zero-order valence-corrected chi connectivity index (χ0v) is 12.8. The summed E-state index contributed by atoms with van der Waals surface area (Å²) in [5, 5.41) is 3.10. The first-order chi connectivity index (χ1) is 9.92. The van der Waals surface area contributed by atoms with Crippen LogP contribution in [0.15, 0.2) is 18.2 Å². The van der Waals surface area contributed by atoms with Gasteiger partial charge in [0.05, 0.1) is 23.8 Å². The molecule has 0 aromatic heterocycles. The third-order valence-electron chi connectivity index (χ3n) is 2.84. The maximum Gasteiger partial charge on any atom is 0.238 e. The molecule has 0 unspecified atom stereocenters. The Morgan fingerprint density at radius 2 is 2.05 bits per heavy atom. The summed E-state index contributed by atoms with van der Waals surface area (Å²) in [7, 11) is 0. The zero-order valence-electron chi connectivity index (χ0n) is 12.1. The molecule has 0 saturated carbocycles. The molecule has 0 saturated heterocycles. The minimum Gasteiger partial charge on any atom is -0.399 e. The SMILES string of the molecule is CCCCN(CC(N)=O)CC(=O)Nc1cc(N)ccc1Cl. The lowest BCUT2D eigenvalue weighted by molar-refractivity contribution is -0.121. The molecule has 0 fully saturated rings. The Hall–Kier alpha value is -1.79. The second kappa shape index (κ2) is 8.49. The van der Waals surface area contributed by atoms with Gasteiger partial charge in [-0.15, -0.1) is 0 Å². The zero-order chi connectivity index (χ0) is 15.8. The monoisotopic (exact) mass is 312 g/mol. The van der Waals surface area contributed by atoms with E-state index in [-0.39, 0.29) is 19.0 Å². The van der Waals surface area contributed by atoms with Gasteiger partial charge in [0, 0.05) is 5.69 Å². The number of unbranched alkanes of at least 4 members (excludes halogenated alkanes) is 1. The molecule has 0 spiro atoms. The first-order valence-electron chi connectivity index (χ1n) is 6.78. The third kappa shape index (κ3) is 6.46. The van der Waals surface area contributed by atoms with Crippen molar-refractivity contribution in [3.05, 3.63) is 23.2 Å². The number of nitrogens with one attached hydrogen (secondary N) is 1. The topological polar surface area (TPSA) is 101 Å². The summed E-state index contributed by atoms with van der Waals surface area (Å²) in [6, 6.07) is 4.86. The second-order valence-corrected chi connectivity index (χ2v) is 5.23. The molecule has 1 aromatic rings. The van der Waals surface area contributed by atoms with Gasteiger partial charge in [0.2, 0.25) is 11.8 Å². The molecule has 0 aliphatic carbocycles. The normalized spacial score (nSPS) is 10.6. The van der Waals surface area contributed by atoms with E-state index < -0.39 is 5.91 Å². The number of nitrogen functional groups attached to an aromatic ring is 1. The minimum atomic E-state index is -0.458. The average Bonchev–Trinajstić information content (AvgIpc) is 2.39. The van der Waals surface area contributed by atoms with Gasteiger partial charge in [-0.2, -0.15) is 0 Å². The van der Waals surface area contributed by atoms with Gasteiger partial charge in [-0.05, 0) is 31.2 Å². The van der Waals surface area contributed by atoms with E-state index in [1.54, 1.807) is 23.1 Å². The summed E-state index contributed by atoms with van der Waals surface area (Å²) < 4.78 is 0. The number of nitrogens with zero attached hydrogens (tertiary/aromatic N) is 1. The molecule has 2 amide bonds. The quantitative estimate of drug-likeness (QED) is 0.632. The molecule has 0 heterocycles. The van der Waals surface area contributed by atoms with E-state index in [1.165, 1.54) is 0 Å². The van der Waals surface area contributed by atoms with Gasteiger partial charge in [-0.3, -0.25) is 14.5 Å². The van der Waals surface area contributed by atoms with Crippen molar-refractivity contribution in [3.63, 3.8) is 0 Å². The van der Waals surface area contributed by atoms with Gasteiger partial charge in [0.1, 0.15) is 0 Å². The van der Waals surface area contributed by atoms with Crippen molar-refractivity contribution in [3.8, 4) is 0 Å². The number of benzene rings is 1. The van der Waals surface area contributed by atoms with E-state index in [4.69, 9.17) is 23.1 Å². The molecule has 5 N–H and O–H groups in total. The first-order valence-corrected chi connectivity index (χ1v) is 7.15. The van der Waals surface area contributed by atoms with Gasteiger partial charge in [0.25, 0.3) is 0 Å². The number of nitrogens with two attached hydrogens (primary N) is 2. The lowest BCUT2D eigenvalue weighted by atomic mass is 10.2. The fourth-order valence-corrected chi connectivity index (χ4v) is 2.01. The van der Waals surface area contributed by atoms with Crippen molar-refractivity contribution in [2.45, 2.75) is 19.8 Å². The van der Waals surface area contributed by atoms with Crippen LogP contribution >= 0.6 is 11.6 Å². The van der Waals surface area contributed by atoms with Crippen LogP contribution in [0.5, 0.6) is 0 Å². The van der Waals surface area contributed by atoms with Gasteiger partial charge in [-0.1, -0.05) is 24.9 Å². The molecule has 0 aliphatic rings. The Kier molecular flexibility index (Phi) is 6.98. The van der Waals surface area contributed by atoms with Crippen molar-refractivity contribution in [2.75, 3.05) is 30.7 Å². The summed E-state index contributed by atoms with van der Waals surface area (Å²) in [6.45, 7) is 2.80. The Morgan fingerprint density at radius 3 is 2.67 bits per heavy atom. The summed E-state index contributed by atoms with van der Waals surface area (Å²) in [4.78, 5) is 24.8. The highest BCUT2D eigenvalue weighted by Crippen LogP contribution is 2.23. The number of hydrogen-bond donors (Lipinski definition) is 3. The van der Waals surface area contributed by atoms with Crippen LogP contribution in [0.3, 0.4) is 0 Å². The maximum absolute atomic E-state index is 12.0. The van der Waals surface area contributed by atoms with Crippen LogP contribution < -0.4 is 16.8 Å².